The van der Waals surface area contributed by atoms with Gasteiger partial charge in [-0.25, -0.2) is 9.55 Å². The number of hydrogen-bond donors (Lipinski definition) is 0. The van der Waals surface area contributed by atoms with Gasteiger partial charge in [-0.3, -0.25) is 0 Å². The number of hydrogen-bond acceptors (Lipinski definition) is 2. The van der Waals surface area contributed by atoms with E-state index in [1.807, 2.05) is 26.0 Å². The summed E-state index contributed by atoms with van der Waals surface area (Å²) in [5.74, 6) is -0.274. The van der Waals surface area contributed by atoms with E-state index < -0.39 is 5.89 Å². The summed E-state index contributed by atoms with van der Waals surface area (Å²) >= 11 is 0. The highest BCUT2D eigenvalue weighted by Gasteiger charge is 2.21. The van der Waals surface area contributed by atoms with Gasteiger partial charge in [0.15, 0.2) is 11.8 Å². The maximum Gasteiger partial charge on any atom is 0.227 e. The summed E-state index contributed by atoms with van der Waals surface area (Å²) in [7, 11) is 2.08. The third-order valence-electron chi connectivity index (χ3n) is 5.31. The van der Waals surface area contributed by atoms with E-state index >= 15 is 0 Å². The highest BCUT2D eigenvalue weighted by Crippen LogP contribution is 2.36. The Bertz CT molecular complexity index is 1200. The van der Waals surface area contributed by atoms with Crippen LogP contribution in [0.1, 0.15) is 57.7 Å². The summed E-state index contributed by atoms with van der Waals surface area (Å²) in [5.41, 5.74) is 6.86. The fourth-order valence-electron chi connectivity index (χ4n) is 3.65. The Morgan fingerprint density at radius 1 is 1.00 bits per heavy atom. The number of fused-ring (bicyclic) bond motifs is 3. The zero-order valence-corrected chi connectivity index (χ0v) is 16.9. The van der Waals surface area contributed by atoms with Crippen LogP contribution in [-0.2, 0) is 7.05 Å². The molecule has 0 aliphatic carbocycles. The number of furan rings is 1. The minimum atomic E-state index is -0.759. The van der Waals surface area contributed by atoms with Crippen molar-refractivity contribution < 1.29 is 10.4 Å². The third-order valence-corrected chi connectivity index (χ3v) is 5.31. The molecule has 0 atom stereocenters. The molecule has 0 amide bonds. The topological polar surface area (TPSA) is 29.9 Å². The lowest BCUT2D eigenvalue weighted by atomic mass is 9.99. The minimum absolute atomic E-state index is 0.485. The average Bonchev–Trinajstić information content (AvgIpc) is 2.99. The van der Waals surface area contributed by atoms with Crippen molar-refractivity contribution in [2.75, 3.05) is 0 Å². The molecule has 0 unspecified atom stereocenters. The molecule has 0 saturated heterocycles. The van der Waals surface area contributed by atoms with Crippen LogP contribution in [0.15, 0.2) is 47.0 Å². The van der Waals surface area contributed by atoms with Crippen molar-refractivity contribution in [2.45, 2.75) is 46.4 Å². The van der Waals surface area contributed by atoms with E-state index in [4.69, 9.17) is 5.79 Å². The Kier molecular flexibility index (Phi) is 3.96. The first kappa shape index (κ1) is 16.5. The van der Waals surface area contributed by atoms with Gasteiger partial charge in [-0.15, -0.1) is 0 Å². The van der Waals surface area contributed by atoms with Crippen molar-refractivity contribution in [3.63, 3.8) is 0 Å². The molecule has 0 radical (unpaired) electrons. The van der Waals surface area contributed by atoms with Crippen molar-refractivity contribution in [1.82, 2.24) is 4.98 Å². The number of pyridine rings is 2. The predicted octanol–water partition coefficient (Wildman–Crippen LogP) is 6.03. The zero-order valence-electron chi connectivity index (χ0n) is 17.9. The van der Waals surface area contributed by atoms with E-state index in [0.29, 0.717) is 17.3 Å². The molecule has 0 fully saturated rings. The van der Waals surface area contributed by atoms with Gasteiger partial charge in [-0.05, 0) is 42.5 Å². The van der Waals surface area contributed by atoms with E-state index in [1.54, 1.807) is 0 Å². The van der Waals surface area contributed by atoms with E-state index in [1.165, 1.54) is 11.1 Å². The second kappa shape index (κ2) is 6.49. The second-order valence-corrected chi connectivity index (χ2v) is 7.90. The van der Waals surface area contributed by atoms with Gasteiger partial charge in [0.1, 0.15) is 7.05 Å². The molecule has 3 heterocycles. The molecule has 4 rings (SSSR count). The molecule has 0 saturated carbocycles. The van der Waals surface area contributed by atoms with Crippen LogP contribution in [0.5, 0.6) is 0 Å². The van der Waals surface area contributed by atoms with Crippen molar-refractivity contribution in [2.24, 2.45) is 7.05 Å². The highest BCUT2D eigenvalue weighted by molar-refractivity contribution is 6.08. The molecule has 4 aromatic rings. The fourth-order valence-corrected chi connectivity index (χ4v) is 3.65. The fraction of sp³-hybridized carbons (Fsp3) is 0.333. The maximum atomic E-state index is 8.27. The van der Waals surface area contributed by atoms with Crippen molar-refractivity contribution >= 4 is 22.1 Å². The number of aromatic nitrogens is 2. The van der Waals surface area contributed by atoms with Crippen molar-refractivity contribution in [3.8, 4) is 11.3 Å². The van der Waals surface area contributed by atoms with E-state index in [-0.39, 0.29) is 0 Å². The largest absolute Gasteiger partial charge is 0.437 e. The quantitative estimate of drug-likeness (QED) is 0.418. The normalized spacial score (nSPS) is 12.9. The minimum Gasteiger partial charge on any atom is -0.437 e. The molecule has 3 aromatic heterocycles. The molecule has 138 valence electrons. The van der Waals surface area contributed by atoms with Crippen LogP contribution in [0.4, 0.5) is 0 Å². The summed E-state index contributed by atoms with van der Waals surface area (Å²) in [6.07, 6.45) is 2.19. The lowest BCUT2D eigenvalue weighted by Crippen LogP contribution is -2.31. The Labute approximate surface area is 162 Å². The third kappa shape index (κ3) is 2.91. The Morgan fingerprint density at radius 3 is 2.41 bits per heavy atom. The molecule has 27 heavy (non-hydrogen) atoms. The lowest BCUT2D eigenvalue weighted by Gasteiger charge is -2.08. The standard InChI is InChI=1S/C24H27N2O/c1-14(2)17-8-12-21(26(6)13-17)22-16(5)7-9-18-19-10-11-20(15(3)4)25-24(19)27-23(18)22/h7-15H,1-6H3/q+1/i15D. The van der Waals surface area contributed by atoms with Crippen LogP contribution in [0.3, 0.4) is 0 Å². The SMILES string of the molecule is [2H]C(C)(C)c1ccc2c(n1)oc1c(-c3ccc(C(C)C)c[n+]3C)c(C)ccc12. The molecule has 0 aliphatic heterocycles. The Morgan fingerprint density at radius 2 is 1.74 bits per heavy atom. The number of benzene rings is 1. The summed E-state index contributed by atoms with van der Waals surface area (Å²) in [6, 6.07) is 12.6. The van der Waals surface area contributed by atoms with Gasteiger partial charge in [0.2, 0.25) is 11.4 Å². The highest BCUT2D eigenvalue weighted by atomic mass is 16.3. The summed E-state index contributed by atoms with van der Waals surface area (Å²) in [6.45, 7) is 10.2. The number of nitrogens with zero attached hydrogens (tertiary/aromatic N) is 2. The van der Waals surface area contributed by atoms with Gasteiger partial charge in [-0.1, -0.05) is 39.8 Å². The van der Waals surface area contributed by atoms with Crippen LogP contribution in [-0.4, -0.2) is 4.98 Å². The van der Waals surface area contributed by atoms with Crippen molar-refractivity contribution in [3.05, 3.63) is 59.4 Å². The molecule has 0 N–H and O–H groups in total. The van der Waals surface area contributed by atoms with Crippen LogP contribution in [0.25, 0.3) is 33.3 Å². The second-order valence-electron chi connectivity index (χ2n) is 7.90. The van der Waals surface area contributed by atoms with Gasteiger partial charge in [0, 0.05) is 29.5 Å². The molecular weight excluding hydrogens is 332 g/mol. The maximum absolute atomic E-state index is 8.27. The van der Waals surface area contributed by atoms with Crippen LogP contribution in [0.2, 0.25) is 0 Å². The summed E-state index contributed by atoms with van der Waals surface area (Å²) in [4.78, 5) is 4.65. The van der Waals surface area contributed by atoms with E-state index in [0.717, 1.165) is 27.6 Å². The molecule has 1 aromatic carbocycles. The van der Waals surface area contributed by atoms with E-state index in [2.05, 4.69) is 67.8 Å². The van der Waals surface area contributed by atoms with Gasteiger partial charge in [0.05, 0.1) is 5.56 Å². The van der Waals surface area contributed by atoms with Gasteiger partial charge in [-0.2, -0.15) is 0 Å². The smallest absolute Gasteiger partial charge is 0.227 e. The summed E-state index contributed by atoms with van der Waals surface area (Å²) < 4.78 is 16.7. The molecule has 3 nitrogen and oxygen atoms in total. The van der Waals surface area contributed by atoms with E-state index in [9.17, 15) is 0 Å². The van der Waals surface area contributed by atoms with Gasteiger partial charge in [0.25, 0.3) is 0 Å². The number of rotatable bonds is 3. The average molecular weight is 360 g/mol. The Balaban J connectivity index is 2.00. The van der Waals surface area contributed by atoms with Crippen LogP contribution in [0, 0.1) is 6.92 Å². The lowest BCUT2D eigenvalue weighted by molar-refractivity contribution is -0.660. The first-order chi connectivity index (χ1) is 13.2. The molecule has 0 spiro atoms. The van der Waals surface area contributed by atoms with Crippen LogP contribution < -0.4 is 4.57 Å². The van der Waals surface area contributed by atoms with Crippen molar-refractivity contribution in [1.29, 1.82) is 0 Å². The van der Waals surface area contributed by atoms with Crippen LogP contribution >= 0.6 is 0 Å². The molecule has 3 heteroatoms. The molecule has 0 aliphatic rings. The first-order valence-corrected chi connectivity index (χ1v) is 9.50. The van der Waals surface area contributed by atoms with Gasteiger partial charge >= 0.3 is 0 Å². The number of aryl methyl sites for hydroxylation is 2. The first-order valence-electron chi connectivity index (χ1n) is 10.00. The predicted molar refractivity (Wildman–Crippen MR) is 111 cm³/mol. The monoisotopic (exact) mass is 360 g/mol. The Hall–Kier alpha value is -2.68. The zero-order chi connectivity index (χ0) is 20.2. The van der Waals surface area contributed by atoms with Gasteiger partial charge < -0.3 is 4.42 Å². The molecule has 0 bridgehead atoms. The summed E-state index contributed by atoms with van der Waals surface area (Å²) in [5, 5.41) is 2.05. The molecular formula is C24H27N2O+.